The zero-order valence-electron chi connectivity index (χ0n) is 10.6. The van der Waals surface area contributed by atoms with E-state index < -0.39 is 21.1 Å². The summed E-state index contributed by atoms with van der Waals surface area (Å²) in [4.78, 5) is 20.4. The quantitative estimate of drug-likeness (QED) is 0.701. The van der Waals surface area contributed by atoms with Crippen LogP contribution in [-0.2, 0) is 18.8 Å². The highest BCUT2D eigenvalue weighted by atomic mass is 35.7. The minimum Gasteiger partial charge on any atom is -0.481 e. The van der Waals surface area contributed by atoms with Crippen LogP contribution < -0.4 is 4.72 Å². The Hall–Kier alpha value is -0.820. The average molecular weight is 302 g/mol. The molecule has 0 aliphatic rings. The number of hydrogen-bond donors (Lipinski definition) is 2. The van der Waals surface area contributed by atoms with E-state index in [1.807, 2.05) is 13.8 Å². The topological polar surface area (TPSA) is 101 Å². The van der Waals surface area contributed by atoms with Gasteiger partial charge in [0.25, 0.3) is 0 Å². The molecule has 0 aliphatic carbocycles. The first-order valence-electron chi connectivity index (χ1n) is 5.69. The summed E-state index contributed by atoms with van der Waals surface area (Å²) < 4.78 is 22.1. The smallest absolute Gasteiger partial charge is 0.321 e. The number of amides is 1. The zero-order valence-corrected chi connectivity index (χ0v) is 12.2. The van der Waals surface area contributed by atoms with Crippen LogP contribution in [0.3, 0.4) is 0 Å². The molecule has 0 saturated carbocycles. The minimum atomic E-state index is -3.88. The fourth-order valence-electron chi connectivity index (χ4n) is 0.852. The van der Waals surface area contributed by atoms with Crippen molar-refractivity contribution in [1.29, 1.82) is 0 Å². The number of carboxylic acids is 1. The van der Waals surface area contributed by atoms with Gasteiger partial charge in [-0.3, -0.25) is 9.59 Å². The third-order valence-electron chi connectivity index (χ3n) is 1.74. The van der Waals surface area contributed by atoms with Crippen LogP contribution in [-0.4, -0.2) is 25.4 Å². The molecule has 0 aliphatic heterocycles. The predicted octanol–water partition coefficient (Wildman–Crippen LogP) is 2.04. The van der Waals surface area contributed by atoms with Crippen LogP contribution in [0.25, 0.3) is 0 Å². The molecule has 0 saturated heterocycles. The van der Waals surface area contributed by atoms with Gasteiger partial charge in [-0.05, 0) is 12.8 Å². The van der Waals surface area contributed by atoms with Gasteiger partial charge in [-0.2, -0.15) is 8.42 Å². The Morgan fingerprint density at radius 1 is 1.11 bits per heavy atom. The second-order valence-corrected chi connectivity index (χ2v) is 5.86. The van der Waals surface area contributed by atoms with Gasteiger partial charge in [0.15, 0.2) is 0 Å². The Labute approximate surface area is 112 Å². The highest BCUT2D eigenvalue weighted by Crippen LogP contribution is 1.96. The summed E-state index contributed by atoms with van der Waals surface area (Å²) in [6.07, 6.45) is 3.79. The van der Waals surface area contributed by atoms with Crippen molar-refractivity contribution in [2.24, 2.45) is 0 Å². The van der Waals surface area contributed by atoms with Crippen molar-refractivity contribution in [1.82, 2.24) is 4.72 Å². The predicted molar refractivity (Wildman–Crippen MR) is 69.6 cm³/mol. The molecule has 0 radical (unpaired) electrons. The van der Waals surface area contributed by atoms with Gasteiger partial charge in [0.05, 0.1) is 0 Å². The lowest BCUT2D eigenvalue weighted by Gasteiger charge is -1.98. The fraction of sp³-hybridized carbons (Fsp3) is 0.800. The van der Waals surface area contributed by atoms with Crippen molar-refractivity contribution >= 4 is 31.8 Å². The standard InChI is InChI=1S/C5H10ClNO3S.C5H10O2/c1-2-3-4-5(8)7-11(6,9)10;1-2-3-4-5(6)7/h2-4H2,1H3,(H,7,8);2-4H2,1H3,(H,6,7). The first kappa shape index (κ1) is 19.5. The fourth-order valence-corrected chi connectivity index (χ4v) is 1.48. The van der Waals surface area contributed by atoms with Crippen molar-refractivity contribution in [3.63, 3.8) is 0 Å². The van der Waals surface area contributed by atoms with Crippen LogP contribution in [0.1, 0.15) is 52.4 Å². The first-order chi connectivity index (χ1) is 8.22. The highest BCUT2D eigenvalue weighted by Gasteiger charge is 2.08. The molecule has 2 N–H and O–H groups in total. The van der Waals surface area contributed by atoms with E-state index in [2.05, 4.69) is 0 Å². The average Bonchev–Trinajstić information content (AvgIpc) is 2.22. The van der Waals surface area contributed by atoms with Gasteiger partial charge in [0.2, 0.25) is 5.91 Å². The van der Waals surface area contributed by atoms with Crippen molar-refractivity contribution in [3.05, 3.63) is 0 Å². The van der Waals surface area contributed by atoms with Gasteiger partial charge in [0, 0.05) is 23.5 Å². The molecule has 0 bridgehead atoms. The number of rotatable bonds is 7. The molecule has 108 valence electrons. The van der Waals surface area contributed by atoms with Gasteiger partial charge in [0.1, 0.15) is 0 Å². The second kappa shape index (κ2) is 11.3. The lowest BCUT2D eigenvalue weighted by Crippen LogP contribution is -2.25. The van der Waals surface area contributed by atoms with Gasteiger partial charge >= 0.3 is 15.2 Å². The summed E-state index contributed by atoms with van der Waals surface area (Å²) in [5.41, 5.74) is 0. The molecule has 0 aromatic heterocycles. The highest BCUT2D eigenvalue weighted by molar-refractivity contribution is 8.12. The Bertz CT molecular complexity index is 342. The van der Waals surface area contributed by atoms with E-state index in [9.17, 15) is 18.0 Å². The zero-order chi connectivity index (χ0) is 14.6. The van der Waals surface area contributed by atoms with Gasteiger partial charge in [-0.1, -0.05) is 26.7 Å². The third kappa shape index (κ3) is 20.6. The number of unbranched alkanes of at least 4 members (excludes halogenated alkanes) is 2. The number of aliphatic carboxylic acids is 1. The Morgan fingerprint density at radius 2 is 1.56 bits per heavy atom. The lowest BCUT2D eigenvalue weighted by molar-refractivity contribution is -0.137. The Kier molecular flexibility index (Phi) is 12.2. The van der Waals surface area contributed by atoms with Crippen LogP contribution in [0.5, 0.6) is 0 Å². The summed E-state index contributed by atoms with van der Waals surface area (Å²) in [6.45, 7) is 3.88. The van der Waals surface area contributed by atoms with Crippen LogP contribution in [0.15, 0.2) is 0 Å². The maximum Gasteiger partial charge on any atom is 0.321 e. The van der Waals surface area contributed by atoms with Gasteiger partial charge in [-0.15, -0.1) is 0 Å². The molecule has 18 heavy (non-hydrogen) atoms. The molecular formula is C10H20ClNO5S. The van der Waals surface area contributed by atoms with E-state index >= 15 is 0 Å². The summed E-state index contributed by atoms with van der Waals surface area (Å²) in [6, 6.07) is 0. The third-order valence-corrected chi connectivity index (χ3v) is 2.44. The summed E-state index contributed by atoms with van der Waals surface area (Å²) in [5, 5.41) is 8.04. The van der Waals surface area contributed by atoms with Crippen molar-refractivity contribution in [2.45, 2.75) is 52.4 Å². The summed E-state index contributed by atoms with van der Waals surface area (Å²) in [5.74, 6) is -1.25. The molecule has 0 aromatic rings. The monoisotopic (exact) mass is 301 g/mol. The minimum absolute atomic E-state index is 0.197. The second-order valence-electron chi connectivity index (χ2n) is 3.56. The molecule has 0 unspecified atom stereocenters. The van der Waals surface area contributed by atoms with Crippen molar-refractivity contribution in [2.75, 3.05) is 0 Å². The normalized spacial score (nSPS) is 10.2. The molecule has 0 atom stereocenters. The lowest BCUT2D eigenvalue weighted by atomic mass is 10.2. The summed E-state index contributed by atoms with van der Waals surface area (Å²) >= 11 is 0. The van der Waals surface area contributed by atoms with Crippen molar-refractivity contribution in [3.8, 4) is 0 Å². The van der Waals surface area contributed by atoms with Crippen LogP contribution >= 0.6 is 10.7 Å². The van der Waals surface area contributed by atoms with E-state index in [-0.39, 0.29) is 6.42 Å². The molecule has 0 aromatic carbocycles. The number of nitrogens with one attached hydrogen (secondary N) is 1. The molecule has 0 spiro atoms. The summed E-state index contributed by atoms with van der Waals surface area (Å²) in [7, 11) is 0.866. The van der Waals surface area contributed by atoms with E-state index in [0.717, 1.165) is 19.3 Å². The van der Waals surface area contributed by atoms with E-state index in [0.29, 0.717) is 12.8 Å². The van der Waals surface area contributed by atoms with Crippen LogP contribution in [0.4, 0.5) is 0 Å². The largest absolute Gasteiger partial charge is 0.481 e. The molecule has 0 fully saturated rings. The van der Waals surface area contributed by atoms with E-state index in [1.165, 1.54) is 0 Å². The van der Waals surface area contributed by atoms with Crippen LogP contribution in [0, 0.1) is 0 Å². The number of hydrogen-bond acceptors (Lipinski definition) is 4. The van der Waals surface area contributed by atoms with E-state index in [4.69, 9.17) is 15.8 Å². The number of halogens is 1. The number of carboxylic acid groups (broad SMARTS) is 1. The van der Waals surface area contributed by atoms with E-state index in [1.54, 1.807) is 4.72 Å². The first-order valence-corrected chi connectivity index (χ1v) is 8.00. The SMILES string of the molecule is CCCCC(=O)NS(=O)(=O)Cl.CCCCC(=O)O. The Morgan fingerprint density at radius 3 is 1.83 bits per heavy atom. The maximum absolute atomic E-state index is 10.6. The van der Waals surface area contributed by atoms with Gasteiger partial charge < -0.3 is 5.11 Å². The molecule has 0 heterocycles. The molecule has 1 amide bonds. The van der Waals surface area contributed by atoms with Crippen molar-refractivity contribution < 1.29 is 23.1 Å². The number of carbonyl (C=O) groups excluding carboxylic acids is 1. The number of carbonyl (C=O) groups is 2. The molecule has 8 heteroatoms. The molecular weight excluding hydrogens is 282 g/mol. The van der Waals surface area contributed by atoms with Gasteiger partial charge in [-0.25, -0.2) is 4.72 Å². The Balaban J connectivity index is 0. The molecule has 6 nitrogen and oxygen atoms in total. The maximum atomic E-state index is 10.6. The van der Waals surface area contributed by atoms with Crippen LogP contribution in [0.2, 0.25) is 0 Å². The molecule has 0 rings (SSSR count).